The molecule has 33 heavy (non-hydrogen) atoms. The van der Waals surface area contributed by atoms with E-state index in [-0.39, 0.29) is 23.8 Å². The molecule has 10 heteroatoms. The number of nitro groups is 1. The fourth-order valence-electron chi connectivity index (χ4n) is 3.44. The van der Waals surface area contributed by atoms with Crippen LogP contribution in [0.25, 0.3) is 0 Å². The average Bonchev–Trinajstić information content (AvgIpc) is 3.21. The number of nitrogens with zero attached hydrogens (tertiary/aromatic N) is 2. The second-order valence-electron chi connectivity index (χ2n) is 8.68. The highest BCUT2D eigenvalue weighted by atomic mass is 32.2. The van der Waals surface area contributed by atoms with Crippen molar-refractivity contribution >= 4 is 29.4 Å². The first-order valence-corrected chi connectivity index (χ1v) is 11.3. The van der Waals surface area contributed by atoms with E-state index in [2.05, 4.69) is 5.32 Å². The molecule has 176 valence electrons. The van der Waals surface area contributed by atoms with E-state index in [9.17, 15) is 24.1 Å². The highest BCUT2D eigenvalue weighted by Gasteiger charge is 2.32. The summed E-state index contributed by atoms with van der Waals surface area (Å²) in [6.07, 6.45) is 1.12. The monoisotopic (exact) mass is 475 g/mol. The third kappa shape index (κ3) is 6.67. The predicted octanol–water partition coefficient (Wildman–Crippen LogP) is 5.01. The Kier molecular flexibility index (Phi) is 7.57. The fraction of sp³-hybridized carbons (Fsp3) is 0.391. The Labute approximate surface area is 195 Å². The van der Waals surface area contributed by atoms with E-state index in [1.165, 1.54) is 42.5 Å². The van der Waals surface area contributed by atoms with E-state index < -0.39 is 28.3 Å². The molecule has 0 spiro atoms. The number of nitro benzene ring substituents is 1. The summed E-state index contributed by atoms with van der Waals surface area (Å²) in [4.78, 5) is 38.7. The van der Waals surface area contributed by atoms with Gasteiger partial charge in [-0.1, -0.05) is 11.8 Å². The number of hydrogen-bond donors (Lipinski definition) is 1. The van der Waals surface area contributed by atoms with Crippen molar-refractivity contribution in [3.05, 3.63) is 64.0 Å². The molecule has 1 atom stereocenters. The van der Waals surface area contributed by atoms with E-state index in [0.29, 0.717) is 16.3 Å². The maximum absolute atomic E-state index is 13.1. The van der Waals surface area contributed by atoms with Crippen LogP contribution in [-0.2, 0) is 4.74 Å². The Morgan fingerprint density at radius 1 is 1.24 bits per heavy atom. The number of likely N-dealkylation sites (tertiary alicyclic amines) is 1. The van der Waals surface area contributed by atoms with Gasteiger partial charge < -0.3 is 15.0 Å². The number of carbonyl (C=O) groups excluding carboxylic acids is 2. The van der Waals surface area contributed by atoms with Crippen LogP contribution in [0.1, 0.15) is 44.0 Å². The zero-order valence-corrected chi connectivity index (χ0v) is 19.5. The molecule has 0 radical (unpaired) electrons. The summed E-state index contributed by atoms with van der Waals surface area (Å²) in [5.74, 6) is -0.860. The third-order valence-corrected chi connectivity index (χ3v) is 6.04. The SMILES string of the molecule is CC(C)(C)OC(=O)N1CCCC1CNC(=O)c1ccc(Sc2ccc(F)cc2)c([N+](=O)[O-])c1. The van der Waals surface area contributed by atoms with Gasteiger partial charge in [-0.2, -0.15) is 0 Å². The van der Waals surface area contributed by atoms with E-state index in [0.717, 1.165) is 24.6 Å². The van der Waals surface area contributed by atoms with Gasteiger partial charge in [0.05, 0.1) is 15.9 Å². The number of nitrogens with one attached hydrogen (secondary N) is 1. The Morgan fingerprint density at radius 3 is 2.58 bits per heavy atom. The molecule has 1 unspecified atom stereocenters. The Hall–Kier alpha value is -3.14. The van der Waals surface area contributed by atoms with E-state index in [1.807, 2.05) is 0 Å². The van der Waals surface area contributed by atoms with Crippen molar-refractivity contribution in [2.45, 2.75) is 55.0 Å². The lowest BCUT2D eigenvalue weighted by atomic mass is 10.1. The molecule has 1 heterocycles. The third-order valence-electron chi connectivity index (χ3n) is 4.96. The number of halogens is 1. The van der Waals surface area contributed by atoms with Crippen LogP contribution in [0.2, 0.25) is 0 Å². The van der Waals surface area contributed by atoms with Crippen LogP contribution in [0.4, 0.5) is 14.9 Å². The van der Waals surface area contributed by atoms with Crippen LogP contribution in [0.3, 0.4) is 0 Å². The molecule has 2 aromatic carbocycles. The summed E-state index contributed by atoms with van der Waals surface area (Å²) in [5.41, 5.74) is -0.680. The summed E-state index contributed by atoms with van der Waals surface area (Å²) in [7, 11) is 0. The molecule has 0 saturated carbocycles. The van der Waals surface area contributed by atoms with Crippen molar-refractivity contribution in [2.75, 3.05) is 13.1 Å². The first-order valence-electron chi connectivity index (χ1n) is 10.5. The van der Waals surface area contributed by atoms with Crippen LogP contribution < -0.4 is 5.32 Å². The van der Waals surface area contributed by atoms with Gasteiger partial charge in [0.25, 0.3) is 11.6 Å². The van der Waals surface area contributed by atoms with Crippen LogP contribution in [0, 0.1) is 15.9 Å². The maximum Gasteiger partial charge on any atom is 0.410 e. The highest BCUT2D eigenvalue weighted by Crippen LogP contribution is 2.35. The van der Waals surface area contributed by atoms with Gasteiger partial charge in [-0.25, -0.2) is 9.18 Å². The number of amides is 2. The van der Waals surface area contributed by atoms with Gasteiger partial charge in [-0.3, -0.25) is 14.9 Å². The lowest BCUT2D eigenvalue weighted by molar-refractivity contribution is -0.387. The molecule has 2 aromatic rings. The molecule has 2 amide bonds. The Morgan fingerprint density at radius 2 is 1.94 bits per heavy atom. The van der Waals surface area contributed by atoms with Crippen molar-refractivity contribution in [1.29, 1.82) is 0 Å². The van der Waals surface area contributed by atoms with Gasteiger partial charge in [0, 0.05) is 29.6 Å². The average molecular weight is 476 g/mol. The van der Waals surface area contributed by atoms with Crippen molar-refractivity contribution in [1.82, 2.24) is 10.2 Å². The summed E-state index contributed by atoms with van der Waals surface area (Å²) in [6, 6.07) is 9.65. The van der Waals surface area contributed by atoms with Gasteiger partial charge in [-0.15, -0.1) is 0 Å². The van der Waals surface area contributed by atoms with Crippen LogP contribution in [0.15, 0.2) is 52.3 Å². The molecular weight excluding hydrogens is 449 g/mol. The zero-order valence-electron chi connectivity index (χ0n) is 18.7. The summed E-state index contributed by atoms with van der Waals surface area (Å²) in [6.45, 7) is 6.15. The summed E-state index contributed by atoms with van der Waals surface area (Å²) >= 11 is 1.12. The van der Waals surface area contributed by atoms with Gasteiger partial charge >= 0.3 is 6.09 Å². The van der Waals surface area contributed by atoms with Crippen molar-refractivity contribution in [3.63, 3.8) is 0 Å². The summed E-state index contributed by atoms with van der Waals surface area (Å²) in [5, 5.41) is 14.4. The van der Waals surface area contributed by atoms with Crippen LogP contribution in [0.5, 0.6) is 0 Å². The van der Waals surface area contributed by atoms with E-state index in [1.54, 1.807) is 25.7 Å². The minimum Gasteiger partial charge on any atom is -0.444 e. The molecule has 3 rings (SSSR count). The van der Waals surface area contributed by atoms with Gasteiger partial charge in [0.1, 0.15) is 11.4 Å². The standard InChI is InChI=1S/C23H26FN3O5S/c1-23(2,3)32-22(29)26-12-4-5-17(26)14-25-21(28)15-6-11-20(19(13-15)27(30)31)33-18-9-7-16(24)8-10-18/h6-11,13,17H,4-5,12,14H2,1-3H3,(H,25,28). The normalized spacial score (nSPS) is 15.9. The second kappa shape index (κ2) is 10.2. The van der Waals surface area contributed by atoms with Crippen LogP contribution >= 0.6 is 11.8 Å². The first-order chi connectivity index (χ1) is 15.5. The molecule has 1 fully saturated rings. The minimum absolute atomic E-state index is 0.145. The predicted molar refractivity (Wildman–Crippen MR) is 122 cm³/mol. The van der Waals surface area contributed by atoms with Crippen molar-refractivity contribution in [3.8, 4) is 0 Å². The Balaban J connectivity index is 1.67. The largest absolute Gasteiger partial charge is 0.444 e. The number of carbonyl (C=O) groups is 2. The first kappa shape index (κ1) is 24.5. The lowest BCUT2D eigenvalue weighted by Gasteiger charge is -2.28. The van der Waals surface area contributed by atoms with Gasteiger partial charge in [0.2, 0.25) is 0 Å². The molecule has 1 aliphatic rings. The van der Waals surface area contributed by atoms with Crippen LogP contribution in [-0.4, -0.2) is 46.6 Å². The molecule has 0 aliphatic carbocycles. The topological polar surface area (TPSA) is 102 Å². The molecule has 1 saturated heterocycles. The molecule has 1 aliphatic heterocycles. The molecule has 0 aromatic heterocycles. The lowest BCUT2D eigenvalue weighted by Crippen LogP contribution is -2.45. The Bertz CT molecular complexity index is 1040. The zero-order chi connectivity index (χ0) is 24.2. The van der Waals surface area contributed by atoms with Gasteiger partial charge in [-0.05, 0) is 70.0 Å². The molecule has 1 N–H and O–H groups in total. The minimum atomic E-state index is -0.611. The number of rotatable bonds is 6. The quantitative estimate of drug-likeness (QED) is 0.465. The fourth-order valence-corrected chi connectivity index (χ4v) is 4.34. The van der Waals surface area contributed by atoms with Gasteiger partial charge in [0.15, 0.2) is 0 Å². The number of hydrogen-bond acceptors (Lipinski definition) is 6. The summed E-state index contributed by atoms with van der Waals surface area (Å²) < 4.78 is 18.5. The maximum atomic E-state index is 13.1. The second-order valence-corrected chi connectivity index (χ2v) is 9.79. The number of ether oxygens (including phenoxy) is 1. The van der Waals surface area contributed by atoms with Crippen molar-refractivity contribution in [2.24, 2.45) is 0 Å². The highest BCUT2D eigenvalue weighted by molar-refractivity contribution is 7.99. The number of benzene rings is 2. The molecule has 0 bridgehead atoms. The molecule has 8 nitrogen and oxygen atoms in total. The van der Waals surface area contributed by atoms with E-state index in [4.69, 9.17) is 4.74 Å². The van der Waals surface area contributed by atoms with Crippen molar-refractivity contribution < 1.29 is 23.6 Å². The van der Waals surface area contributed by atoms with E-state index >= 15 is 0 Å². The molecular formula is C23H26FN3O5S. The smallest absolute Gasteiger partial charge is 0.410 e.